The van der Waals surface area contributed by atoms with Gasteiger partial charge in [-0.2, -0.15) is 5.10 Å². The molecule has 1 fully saturated rings. The van der Waals surface area contributed by atoms with Crippen LogP contribution >= 0.6 is 0 Å². The predicted octanol–water partition coefficient (Wildman–Crippen LogP) is 3.52. The highest BCUT2D eigenvalue weighted by Crippen LogP contribution is 2.23. The van der Waals surface area contributed by atoms with E-state index < -0.39 is 15.8 Å². The lowest BCUT2D eigenvalue weighted by atomic mass is 10.1. The first-order valence-electron chi connectivity index (χ1n) is 11.0. The average molecular weight is 473 g/mol. The molecule has 7 nitrogen and oxygen atoms in total. The Morgan fingerprint density at radius 1 is 1.21 bits per heavy atom. The maximum Gasteiger partial charge on any atom is 0.238 e. The molecule has 1 unspecified atom stereocenters. The van der Waals surface area contributed by atoms with Crippen molar-refractivity contribution in [2.45, 2.75) is 50.3 Å². The number of ether oxygens (including phenoxy) is 1. The summed E-state index contributed by atoms with van der Waals surface area (Å²) in [4.78, 5) is 1.84. The molecule has 2 N–H and O–H groups in total. The second-order valence-corrected chi connectivity index (χ2v) is 10.2. The highest BCUT2D eigenvalue weighted by molar-refractivity contribution is 7.89. The molecule has 1 aliphatic rings. The lowest BCUT2D eigenvalue weighted by Crippen LogP contribution is -2.36. The number of nitrogens with zero attached hydrogens (tertiary/aromatic N) is 3. The van der Waals surface area contributed by atoms with Gasteiger partial charge in [-0.3, -0.25) is 4.90 Å². The van der Waals surface area contributed by atoms with Crippen LogP contribution in [0.5, 0.6) is 0 Å². The van der Waals surface area contributed by atoms with Gasteiger partial charge in [0.2, 0.25) is 10.0 Å². The second-order valence-electron chi connectivity index (χ2n) is 8.60. The summed E-state index contributed by atoms with van der Waals surface area (Å²) in [6, 6.07) is 13.7. The Kier molecular flexibility index (Phi) is 6.94. The summed E-state index contributed by atoms with van der Waals surface area (Å²) in [5.74, 6) is -0.703. The minimum atomic E-state index is -4.00. The standard InChI is InChI=1S/C24H29FN4O3S/c1-17-6-5-7-18(12-17)13-20-14-19(16-28(2)24-8-3-4-11-32-24)27-29(20)23-10-9-21(15-22(23)25)33(26,30)31/h5-7,9-10,12,14-15,24H,3-4,8,11,13,16H2,1-2H3,(H2,26,30,31). The summed E-state index contributed by atoms with van der Waals surface area (Å²) in [6.07, 6.45) is 3.76. The highest BCUT2D eigenvalue weighted by atomic mass is 32.2. The molecule has 0 spiro atoms. The number of sulfonamides is 1. The van der Waals surface area contributed by atoms with Crippen LogP contribution in [0, 0.1) is 12.7 Å². The van der Waals surface area contributed by atoms with E-state index >= 15 is 4.39 Å². The van der Waals surface area contributed by atoms with Gasteiger partial charge in [0.1, 0.15) is 17.7 Å². The molecular formula is C24H29FN4O3S. The third-order valence-corrected chi connectivity index (χ3v) is 6.75. The van der Waals surface area contributed by atoms with Gasteiger partial charge in [0, 0.05) is 25.3 Å². The van der Waals surface area contributed by atoms with Crippen LogP contribution in [0.3, 0.4) is 0 Å². The van der Waals surface area contributed by atoms with Crippen LogP contribution < -0.4 is 5.14 Å². The summed E-state index contributed by atoms with van der Waals surface area (Å²) >= 11 is 0. The molecular weight excluding hydrogens is 443 g/mol. The summed E-state index contributed by atoms with van der Waals surface area (Å²) in [6.45, 7) is 3.33. The smallest absolute Gasteiger partial charge is 0.238 e. The number of rotatable bonds is 7. The first-order valence-corrected chi connectivity index (χ1v) is 12.5. The van der Waals surface area contributed by atoms with E-state index in [4.69, 9.17) is 9.88 Å². The van der Waals surface area contributed by atoms with Crippen molar-refractivity contribution in [3.63, 3.8) is 0 Å². The fraction of sp³-hybridized carbons (Fsp3) is 0.375. The first-order chi connectivity index (χ1) is 15.7. The zero-order valence-electron chi connectivity index (χ0n) is 18.9. The van der Waals surface area contributed by atoms with E-state index in [1.807, 2.05) is 38.2 Å². The molecule has 1 atom stereocenters. The Hall–Kier alpha value is -2.59. The predicted molar refractivity (Wildman–Crippen MR) is 124 cm³/mol. The molecule has 2 aromatic carbocycles. The lowest BCUT2D eigenvalue weighted by Gasteiger charge is -2.30. The van der Waals surface area contributed by atoms with Gasteiger partial charge in [0.05, 0.1) is 10.6 Å². The lowest BCUT2D eigenvalue weighted by molar-refractivity contribution is -0.0788. The van der Waals surface area contributed by atoms with E-state index in [0.29, 0.717) is 13.0 Å². The Morgan fingerprint density at radius 3 is 2.70 bits per heavy atom. The van der Waals surface area contributed by atoms with E-state index in [1.165, 1.54) is 12.1 Å². The van der Waals surface area contributed by atoms with Crippen LogP contribution in [-0.2, 0) is 27.7 Å². The number of aryl methyl sites for hydroxylation is 1. The Morgan fingerprint density at radius 2 is 2.03 bits per heavy atom. The van der Waals surface area contributed by atoms with Crippen LogP contribution in [0.2, 0.25) is 0 Å². The third kappa shape index (κ3) is 5.67. The van der Waals surface area contributed by atoms with Crippen molar-refractivity contribution in [2.75, 3.05) is 13.7 Å². The molecule has 0 aliphatic carbocycles. The van der Waals surface area contributed by atoms with Crippen LogP contribution in [0.25, 0.3) is 5.69 Å². The largest absolute Gasteiger partial charge is 0.363 e. The molecule has 176 valence electrons. The quantitative estimate of drug-likeness (QED) is 0.568. The van der Waals surface area contributed by atoms with E-state index in [9.17, 15) is 8.42 Å². The zero-order valence-corrected chi connectivity index (χ0v) is 19.7. The fourth-order valence-corrected chi connectivity index (χ4v) is 4.71. The van der Waals surface area contributed by atoms with E-state index in [0.717, 1.165) is 54.5 Å². The monoisotopic (exact) mass is 472 g/mol. The highest BCUT2D eigenvalue weighted by Gasteiger charge is 2.22. The van der Waals surface area contributed by atoms with Crippen LogP contribution in [0.4, 0.5) is 4.39 Å². The minimum absolute atomic E-state index is 0.0369. The first kappa shape index (κ1) is 23.6. The van der Waals surface area contributed by atoms with Crippen LogP contribution in [0.15, 0.2) is 53.4 Å². The Balaban J connectivity index is 1.69. The summed E-state index contributed by atoms with van der Waals surface area (Å²) in [5, 5.41) is 9.84. The number of aromatic nitrogens is 2. The number of hydrogen-bond acceptors (Lipinski definition) is 5. The molecule has 4 rings (SSSR count). The van der Waals surface area contributed by atoms with E-state index in [-0.39, 0.29) is 16.8 Å². The van der Waals surface area contributed by atoms with Crippen molar-refractivity contribution in [2.24, 2.45) is 5.14 Å². The summed E-state index contributed by atoms with van der Waals surface area (Å²) in [7, 11) is -2.00. The number of nitrogens with two attached hydrogens (primary N) is 1. The Bertz CT molecular complexity index is 1240. The summed E-state index contributed by atoms with van der Waals surface area (Å²) in [5.41, 5.74) is 3.97. The zero-order chi connectivity index (χ0) is 23.6. The van der Waals surface area contributed by atoms with Gasteiger partial charge in [-0.05, 0) is 63.1 Å². The molecule has 1 aliphatic heterocycles. The molecule has 0 bridgehead atoms. The molecule has 9 heteroatoms. The average Bonchev–Trinajstić information content (AvgIpc) is 3.15. The van der Waals surface area contributed by atoms with E-state index in [1.54, 1.807) is 4.68 Å². The van der Waals surface area contributed by atoms with Gasteiger partial charge in [0.25, 0.3) is 0 Å². The van der Waals surface area contributed by atoms with Gasteiger partial charge >= 0.3 is 0 Å². The minimum Gasteiger partial charge on any atom is -0.363 e. The van der Waals surface area contributed by atoms with Crippen molar-refractivity contribution in [1.82, 2.24) is 14.7 Å². The van der Waals surface area contributed by atoms with Gasteiger partial charge in [0.15, 0.2) is 0 Å². The number of primary sulfonamides is 1. The normalized spacial score (nSPS) is 16.9. The van der Waals surface area contributed by atoms with Gasteiger partial charge in [-0.15, -0.1) is 0 Å². The number of benzene rings is 2. The van der Waals surface area contributed by atoms with Gasteiger partial charge in [-0.1, -0.05) is 29.8 Å². The molecule has 0 radical (unpaired) electrons. The molecule has 0 amide bonds. The topological polar surface area (TPSA) is 90.4 Å². The maximum atomic E-state index is 15.0. The molecule has 2 heterocycles. The SMILES string of the molecule is Cc1cccc(Cc2cc(CN(C)C3CCCCO3)nn2-c2ccc(S(N)(=O)=O)cc2F)c1. The second kappa shape index (κ2) is 9.72. The van der Waals surface area contributed by atoms with E-state index in [2.05, 4.69) is 16.1 Å². The number of halogens is 1. The van der Waals surface area contributed by atoms with Crippen LogP contribution in [-0.4, -0.2) is 43.0 Å². The molecule has 1 saturated heterocycles. The van der Waals surface area contributed by atoms with Crippen molar-refractivity contribution in [3.05, 3.63) is 76.9 Å². The molecule has 1 aromatic heterocycles. The van der Waals surface area contributed by atoms with Crippen molar-refractivity contribution in [3.8, 4) is 5.69 Å². The third-order valence-electron chi connectivity index (χ3n) is 5.84. The van der Waals surface area contributed by atoms with Gasteiger partial charge in [-0.25, -0.2) is 22.6 Å². The fourth-order valence-electron chi connectivity index (χ4n) is 4.18. The van der Waals surface area contributed by atoms with Crippen molar-refractivity contribution in [1.29, 1.82) is 0 Å². The number of hydrogen-bond donors (Lipinski definition) is 1. The summed E-state index contributed by atoms with van der Waals surface area (Å²) < 4.78 is 45.7. The van der Waals surface area contributed by atoms with Crippen LogP contribution in [0.1, 0.15) is 41.8 Å². The maximum absolute atomic E-state index is 15.0. The van der Waals surface area contributed by atoms with Gasteiger partial charge < -0.3 is 4.74 Å². The van der Waals surface area contributed by atoms with Crippen molar-refractivity contribution >= 4 is 10.0 Å². The molecule has 3 aromatic rings. The van der Waals surface area contributed by atoms with Crippen molar-refractivity contribution < 1.29 is 17.5 Å². The Labute approximate surface area is 194 Å². The molecule has 33 heavy (non-hydrogen) atoms. The molecule has 0 saturated carbocycles.